The van der Waals surface area contributed by atoms with E-state index < -0.39 is 0 Å². The second kappa shape index (κ2) is 7.90. The maximum atomic E-state index is 11.1. The molecule has 0 spiro atoms. The number of carbonyl (C=O) groups is 1. The van der Waals surface area contributed by atoms with Gasteiger partial charge in [-0.2, -0.15) is 5.26 Å². The fraction of sp³-hybridized carbons (Fsp3) is 0.750. The first-order valence-electron chi connectivity index (χ1n) is 4.09. The van der Waals surface area contributed by atoms with Gasteiger partial charge in [0, 0.05) is 0 Å². The number of nitriles is 1. The average molecular weight is 202 g/mol. The van der Waals surface area contributed by atoms with Crippen LogP contribution in [0.2, 0.25) is 0 Å². The number of nitrogens with one attached hydrogen (secondary N) is 1. The van der Waals surface area contributed by atoms with E-state index in [0.717, 1.165) is 0 Å². The van der Waals surface area contributed by atoms with E-state index in [9.17, 15) is 4.79 Å². The predicted molar refractivity (Wildman–Crippen MR) is 52.2 cm³/mol. The van der Waals surface area contributed by atoms with Gasteiger partial charge in [-0.05, 0) is 6.42 Å². The van der Waals surface area contributed by atoms with E-state index in [0.29, 0.717) is 12.2 Å². The summed E-state index contributed by atoms with van der Waals surface area (Å²) < 4.78 is 0. The Hall–Kier alpha value is -0.730. The Morgan fingerprint density at radius 1 is 1.77 bits per heavy atom. The molecule has 0 saturated heterocycles. The lowest BCUT2D eigenvalue weighted by Gasteiger charge is -2.13. The topological polar surface area (TPSA) is 73.1 Å². The highest BCUT2D eigenvalue weighted by molar-refractivity contribution is 8.00. The first kappa shape index (κ1) is 12.3. The molecule has 2 N–H and O–H groups in total. The van der Waals surface area contributed by atoms with Gasteiger partial charge in [0.2, 0.25) is 5.91 Å². The van der Waals surface area contributed by atoms with E-state index in [1.54, 1.807) is 0 Å². The van der Waals surface area contributed by atoms with E-state index in [1.807, 2.05) is 13.0 Å². The van der Waals surface area contributed by atoms with Gasteiger partial charge >= 0.3 is 0 Å². The zero-order valence-electron chi connectivity index (χ0n) is 7.62. The van der Waals surface area contributed by atoms with Crippen LogP contribution in [-0.4, -0.2) is 35.2 Å². The number of nitrogens with zero attached hydrogens (tertiary/aromatic N) is 1. The van der Waals surface area contributed by atoms with Gasteiger partial charge in [-0.3, -0.25) is 4.79 Å². The zero-order valence-corrected chi connectivity index (χ0v) is 8.43. The largest absolute Gasteiger partial charge is 0.394 e. The molecule has 1 amide bonds. The molecule has 0 saturated carbocycles. The predicted octanol–water partition coefficient (Wildman–Crippen LogP) is 0.130. The Morgan fingerprint density at radius 3 is 2.92 bits per heavy atom. The maximum Gasteiger partial charge on any atom is 0.230 e. The lowest BCUT2D eigenvalue weighted by atomic mass is 10.2. The molecule has 1 unspecified atom stereocenters. The van der Waals surface area contributed by atoms with Crippen LogP contribution in [0.4, 0.5) is 0 Å². The van der Waals surface area contributed by atoms with E-state index in [2.05, 4.69) is 5.32 Å². The lowest BCUT2D eigenvalue weighted by Crippen LogP contribution is -2.38. The van der Waals surface area contributed by atoms with Crippen molar-refractivity contribution in [1.82, 2.24) is 5.32 Å². The molecule has 0 aromatic carbocycles. The van der Waals surface area contributed by atoms with Crippen LogP contribution in [0, 0.1) is 11.3 Å². The Morgan fingerprint density at radius 2 is 2.46 bits per heavy atom. The summed E-state index contributed by atoms with van der Waals surface area (Å²) in [4.78, 5) is 11.1. The van der Waals surface area contributed by atoms with Gasteiger partial charge in [-0.25, -0.2) is 0 Å². The second-order valence-electron chi connectivity index (χ2n) is 2.51. The number of rotatable bonds is 6. The van der Waals surface area contributed by atoms with Gasteiger partial charge in [-0.15, -0.1) is 11.8 Å². The van der Waals surface area contributed by atoms with Crippen LogP contribution in [0.5, 0.6) is 0 Å². The van der Waals surface area contributed by atoms with Crippen LogP contribution in [-0.2, 0) is 4.79 Å². The number of hydrogen-bond acceptors (Lipinski definition) is 4. The molecule has 74 valence electrons. The molecule has 0 fully saturated rings. The molecule has 0 radical (unpaired) electrons. The molecule has 0 heterocycles. The fourth-order valence-corrected chi connectivity index (χ4v) is 1.20. The van der Waals surface area contributed by atoms with Crippen molar-refractivity contribution in [2.24, 2.45) is 0 Å². The van der Waals surface area contributed by atoms with Crippen LogP contribution in [0.25, 0.3) is 0 Å². The molecule has 0 aliphatic rings. The molecule has 0 aliphatic heterocycles. The van der Waals surface area contributed by atoms with Crippen LogP contribution >= 0.6 is 11.8 Å². The Bertz CT molecular complexity index is 187. The molecule has 0 aromatic heterocycles. The molecule has 5 heteroatoms. The fourth-order valence-electron chi connectivity index (χ4n) is 0.736. The lowest BCUT2D eigenvalue weighted by molar-refractivity contribution is -0.119. The highest BCUT2D eigenvalue weighted by Crippen LogP contribution is 1.98. The van der Waals surface area contributed by atoms with Crippen molar-refractivity contribution in [2.45, 2.75) is 19.4 Å². The summed E-state index contributed by atoms with van der Waals surface area (Å²) in [7, 11) is 0. The van der Waals surface area contributed by atoms with Crippen molar-refractivity contribution in [3.63, 3.8) is 0 Å². The Labute approximate surface area is 82.3 Å². The summed E-state index contributed by atoms with van der Waals surface area (Å²) >= 11 is 1.27. The van der Waals surface area contributed by atoms with Crippen molar-refractivity contribution in [1.29, 1.82) is 5.26 Å². The zero-order chi connectivity index (χ0) is 10.1. The third-order valence-corrected chi connectivity index (χ3v) is 2.28. The van der Waals surface area contributed by atoms with Crippen LogP contribution in [0.15, 0.2) is 0 Å². The quantitative estimate of drug-likeness (QED) is 0.600. The molecular weight excluding hydrogens is 188 g/mol. The minimum Gasteiger partial charge on any atom is -0.394 e. The monoisotopic (exact) mass is 202 g/mol. The summed E-state index contributed by atoms with van der Waals surface area (Å²) in [5.74, 6) is 0.481. The SMILES string of the molecule is CCC(CO)NC(=O)CSCC#N. The summed E-state index contributed by atoms with van der Waals surface area (Å²) in [6.45, 7) is 1.86. The maximum absolute atomic E-state index is 11.1. The smallest absolute Gasteiger partial charge is 0.230 e. The molecule has 0 bridgehead atoms. The highest BCUT2D eigenvalue weighted by Gasteiger charge is 2.08. The summed E-state index contributed by atoms with van der Waals surface area (Å²) in [5.41, 5.74) is 0. The van der Waals surface area contributed by atoms with Crippen LogP contribution < -0.4 is 5.32 Å². The van der Waals surface area contributed by atoms with E-state index in [-0.39, 0.29) is 24.3 Å². The van der Waals surface area contributed by atoms with Crippen LogP contribution in [0.1, 0.15) is 13.3 Å². The molecule has 1 atom stereocenters. The molecule has 0 aliphatic carbocycles. The van der Waals surface area contributed by atoms with Gasteiger partial charge < -0.3 is 10.4 Å². The molecule has 0 aromatic rings. The van der Waals surface area contributed by atoms with E-state index >= 15 is 0 Å². The van der Waals surface area contributed by atoms with Gasteiger partial charge in [0.25, 0.3) is 0 Å². The molecule has 0 rings (SSSR count). The summed E-state index contributed by atoms with van der Waals surface area (Å²) in [5, 5.41) is 19.6. The number of hydrogen-bond donors (Lipinski definition) is 2. The molecule has 4 nitrogen and oxygen atoms in total. The molecular formula is C8H14N2O2S. The third-order valence-electron chi connectivity index (χ3n) is 1.48. The number of aliphatic hydroxyl groups is 1. The number of aliphatic hydroxyl groups excluding tert-OH is 1. The number of thioether (sulfide) groups is 1. The Balaban J connectivity index is 3.55. The standard InChI is InChI=1S/C8H14N2O2S/c1-2-7(5-11)10-8(12)6-13-4-3-9/h7,11H,2,4-6H2,1H3,(H,10,12). The highest BCUT2D eigenvalue weighted by atomic mass is 32.2. The number of amides is 1. The number of carbonyl (C=O) groups excluding carboxylic acids is 1. The van der Waals surface area contributed by atoms with Gasteiger partial charge in [0.05, 0.1) is 30.2 Å². The minimum absolute atomic E-state index is 0.0366. The van der Waals surface area contributed by atoms with Gasteiger partial charge in [0.1, 0.15) is 0 Å². The van der Waals surface area contributed by atoms with Crippen LogP contribution in [0.3, 0.4) is 0 Å². The summed E-state index contributed by atoms with van der Waals surface area (Å²) in [6, 6.07) is 1.78. The Kier molecular flexibility index (Phi) is 7.45. The van der Waals surface area contributed by atoms with Gasteiger partial charge in [0.15, 0.2) is 0 Å². The average Bonchev–Trinajstić information content (AvgIpc) is 2.14. The van der Waals surface area contributed by atoms with E-state index in [1.165, 1.54) is 11.8 Å². The minimum atomic E-state index is -0.157. The van der Waals surface area contributed by atoms with Crippen molar-refractivity contribution in [3.05, 3.63) is 0 Å². The van der Waals surface area contributed by atoms with Gasteiger partial charge in [-0.1, -0.05) is 6.92 Å². The second-order valence-corrected chi connectivity index (χ2v) is 3.49. The van der Waals surface area contributed by atoms with Crippen molar-refractivity contribution in [2.75, 3.05) is 18.1 Å². The van der Waals surface area contributed by atoms with Crippen molar-refractivity contribution >= 4 is 17.7 Å². The van der Waals surface area contributed by atoms with Crippen molar-refractivity contribution in [3.8, 4) is 6.07 Å². The van der Waals surface area contributed by atoms with E-state index in [4.69, 9.17) is 10.4 Å². The first-order chi connectivity index (χ1) is 6.24. The normalized spacial score (nSPS) is 11.8. The summed E-state index contributed by atoms with van der Waals surface area (Å²) in [6.07, 6.45) is 0.713. The van der Waals surface area contributed by atoms with Crippen molar-refractivity contribution < 1.29 is 9.90 Å². The molecule has 13 heavy (non-hydrogen) atoms. The third kappa shape index (κ3) is 6.43. The first-order valence-corrected chi connectivity index (χ1v) is 5.25.